The highest BCUT2D eigenvalue weighted by Gasteiger charge is 2.05. The van der Waals surface area contributed by atoms with Gasteiger partial charge in [-0.3, -0.25) is 0 Å². The molecule has 0 unspecified atom stereocenters. The van der Waals surface area contributed by atoms with Gasteiger partial charge in [-0.15, -0.1) is 0 Å². The molecule has 1 aromatic carbocycles. The van der Waals surface area contributed by atoms with E-state index in [1.165, 1.54) is 0 Å². The second-order valence-corrected chi connectivity index (χ2v) is 3.67. The minimum absolute atomic E-state index is 0.418. The number of aromatic amines is 1. The van der Waals surface area contributed by atoms with Crippen molar-refractivity contribution in [1.82, 2.24) is 4.98 Å². The average Bonchev–Trinajstić information content (AvgIpc) is 2.68. The summed E-state index contributed by atoms with van der Waals surface area (Å²) < 4.78 is 0. The zero-order valence-electron chi connectivity index (χ0n) is 8.00. The second-order valence-electron chi connectivity index (χ2n) is 3.24. The maximum Gasteiger partial charge on any atom is 0.0670 e. The summed E-state index contributed by atoms with van der Waals surface area (Å²) in [5.41, 5.74) is 3.15. The SMILES string of the molecule is N#CCc1c[nH]cc1-c1ccc(Cl)cc1. The summed E-state index contributed by atoms with van der Waals surface area (Å²) in [6, 6.07) is 9.74. The fraction of sp³-hybridized carbons (Fsp3) is 0.0833. The standard InChI is InChI=1S/C12H9ClN2/c13-11-3-1-9(2-4-11)12-8-15-7-10(12)5-6-14/h1-4,7-8,15H,5H2. The van der Waals surface area contributed by atoms with E-state index in [-0.39, 0.29) is 0 Å². The Bertz CT molecular complexity index is 491. The van der Waals surface area contributed by atoms with E-state index in [4.69, 9.17) is 16.9 Å². The van der Waals surface area contributed by atoms with Crippen molar-refractivity contribution >= 4 is 11.6 Å². The van der Waals surface area contributed by atoms with Crippen LogP contribution in [0.3, 0.4) is 0 Å². The van der Waals surface area contributed by atoms with Gasteiger partial charge in [-0.05, 0) is 23.3 Å². The summed E-state index contributed by atoms with van der Waals surface area (Å²) in [4.78, 5) is 3.01. The number of benzene rings is 1. The van der Waals surface area contributed by atoms with E-state index >= 15 is 0 Å². The lowest BCUT2D eigenvalue weighted by atomic mass is 10.0. The van der Waals surface area contributed by atoms with E-state index in [2.05, 4.69) is 11.1 Å². The van der Waals surface area contributed by atoms with E-state index in [9.17, 15) is 0 Å². The van der Waals surface area contributed by atoms with Crippen LogP contribution in [-0.4, -0.2) is 4.98 Å². The number of nitrogens with zero attached hydrogens (tertiary/aromatic N) is 1. The molecule has 0 saturated carbocycles. The van der Waals surface area contributed by atoms with E-state index < -0.39 is 0 Å². The quantitative estimate of drug-likeness (QED) is 0.821. The van der Waals surface area contributed by atoms with Gasteiger partial charge in [-0.25, -0.2) is 0 Å². The first-order valence-corrected chi connectivity index (χ1v) is 4.97. The van der Waals surface area contributed by atoms with Crippen LogP contribution in [0.5, 0.6) is 0 Å². The summed E-state index contributed by atoms with van der Waals surface area (Å²) in [6.45, 7) is 0. The minimum atomic E-state index is 0.418. The Morgan fingerprint density at radius 2 is 1.93 bits per heavy atom. The van der Waals surface area contributed by atoms with Crippen LogP contribution in [0.1, 0.15) is 5.56 Å². The first-order chi connectivity index (χ1) is 7.31. The Kier molecular flexibility index (Phi) is 2.75. The Morgan fingerprint density at radius 1 is 1.20 bits per heavy atom. The van der Waals surface area contributed by atoms with Crippen molar-refractivity contribution in [3.8, 4) is 17.2 Å². The first-order valence-electron chi connectivity index (χ1n) is 4.60. The van der Waals surface area contributed by atoms with Crippen LogP contribution in [0, 0.1) is 11.3 Å². The van der Waals surface area contributed by atoms with Crippen molar-refractivity contribution in [3.63, 3.8) is 0 Å². The molecule has 0 spiro atoms. The van der Waals surface area contributed by atoms with Crippen molar-refractivity contribution in [2.24, 2.45) is 0 Å². The lowest BCUT2D eigenvalue weighted by Gasteiger charge is -2.00. The van der Waals surface area contributed by atoms with Crippen molar-refractivity contribution in [1.29, 1.82) is 5.26 Å². The normalized spacial score (nSPS) is 9.87. The molecule has 1 aromatic heterocycles. The molecule has 1 heterocycles. The molecule has 0 bridgehead atoms. The molecule has 0 saturated heterocycles. The first kappa shape index (κ1) is 9.82. The van der Waals surface area contributed by atoms with Gasteiger partial charge < -0.3 is 4.98 Å². The molecular formula is C12H9ClN2. The maximum atomic E-state index is 8.67. The monoisotopic (exact) mass is 216 g/mol. The highest BCUT2D eigenvalue weighted by atomic mass is 35.5. The lowest BCUT2D eigenvalue weighted by Crippen LogP contribution is -1.82. The molecule has 15 heavy (non-hydrogen) atoms. The third kappa shape index (κ3) is 2.03. The molecule has 74 valence electrons. The molecule has 0 radical (unpaired) electrons. The van der Waals surface area contributed by atoms with Crippen molar-refractivity contribution in [2.75, 3.05) is 0 Å². The topological polar surface area (TPSA) is 39.6 Å². The van der Waals surface area contributed by atoms with Crippen molar-refractivity contribution in [2.45, 2.75) is 6.42 Å². The molecule has 0 atom stereocenters. The summed E-state index contributed by atoms with van der Waals surface area (Å²) in [7, 11) is 0. The van der Waals surface area contributed by atoms with Crippen LogP contribution in [0.25, 0.3) is 11.1 Å². The van der Waals surface area contributed by atoms with Crippen molar-refractivity contribution < 1.29 is 0 Å². The van der Waals surface area contributed by atoms with Crippen LogP contribution in [0.4, 0.5) is 0 Å². The third-order valence-corrected chi connectivity index (χ3v) is 2.51. The largest absolute Gasteiger partial charge is 0.367 e. The molecule has 0 aliphatic carbocycles. The fourth-order valence-corrected chi connectivity index (χ4v) is 1.65. The number of hydrogen-bond acceptors (Lipinski definition) is 1. The fourth-order valence-electron chi connectivity index (χ4n) is 1.53. The lowest BCUT2D eigenvalue weighted by molar-refractivity contribution is 1.26. The van der Waals surface area contributed by atoms with E-state index in [1.54, 1.807) is 0 Å². The smallest absolute Gasteiger partial charge is 0.0670 e. The predicted octanol–water partition coefficient (Wildman–Crippen LogP) is 3.40. The second kappa shape index (κ2) is 4.20. The minimum Gasteiger partial charge on any atom is -0.367 e. The van der Waals surface area contributed by atoms with Gasteiger partial charge in [0.15, 0.2) is 0 Å². The Balaban J connectivity index is 2.41. The van der Waals surface area contributed by atoms with E-state index in [0.29, 0.717) is 6.42 Å². The number of H-pyrrole nitrogens is 1. The van der Waals surface area contributed by atoms with Gasteiger partial charge in [0.25, 0.3) is 0 Å². The Hall–Kier alpha value is -1.72. The molecule has 2 aromatic rings. The molecule has 0 aliphatic rings. The Morgan fingerprint density at radius 3 is 2.60 bits per heavy atom. The summed E-state index contributed by atoms with van der Waals surface area (Å²) in [5.74, 6) is 0. The molecule has 1 N–H and O–H groups in total. The van der Waals surface area contributed by atoms with Crippen LogP contribution in [0.15, 0.2) is 36.7 Å². The molecule has 2 rings (SSSR count). The van der Waals surface area contributed by atoms with Gasteiger partial charge in [-0.2, -0.15) is 5.26 Å². The Labute approximate surface area is 93.1 Å². The molecule has 0 fully saturated rings. The predicted molar refractivity (Wildman–Crippen MR) is 60.6 cm³/mol. The number of hydrogen-bond donors (Lipinski definition) is 1. The highest BCUT2D eigenvalue weighted by molar-refractivity contribution is 6.30. The average molecular weight is 217 g/mol. The van der Waals surface area contributed by atoms with Gasteiger partial charge >= 0.3 is 0 Å². The van der Waals surface area contributed by atoms with Gasteiger partial charge in [0.05, 0.1) is 12.5 Å². The van der Waals surface area contributed by atoms with E-state index in [0.717, 1.165) is 21.7 Å². The zero-order chi connectivity index (χ0) is 10.7. The molecule has 0 aliphatic heterocycles. The number of rotatable bonds is 2. The zero-order valence-corrected chi connectivity index (χ0v) is 8.75. The molecular weight excluding hydrogens is 208 g/mol. The molecule has 2 nitrogen and oxygen atoms in total. The molecule has 3 heteroatoms. The maximum absolute atomic E-state index is 8.67. The van der Waals surface area contributed by atoms with Crippen LogP contribution >= 0.6 is 11.6 Å². The number of nitriles is 1. The third-order valence-electron chi connectivity index (χ3n) is 2.26. The molecule has 0 amide bonds. The van der Waals surface area contributed by atoms with Crippen molar-refractivity contribution in [3.05, 3.63) is 47.2 Å². The van der Waals surface area contributed by atoms with Crippen LogP contribution in [-0.2, 0) is 6.42 Å². The highest BCUT2D eigenvalue weighted by Crippen LogP contribution is 2.25. The summed E-state index contributed by atoms with van der Waals surface area (Å²) in [5, 5.41) is 9.39. The number of aromatic nitrogens is 1. The van der Waals surface area contributed by atoms with Crippen LogP contribution in [0.2, 0.25) is 5.02 Å². The summed E-state index contributed by atoms with van der Waals surface area (Å²) >= 11 is 5.81. The van der Waals surface area contributed by atoms with Gasteiger partial charge in [-0.1, -0.05) is 23.7 Å². The number of nitrogens with one attached hydrogen (secondary N) is 1. The van der Waals surface area contributed by atoms with Crippen LogP contribution < -0.4 is 0 Å². The van der Waals surface area contributed by atoms with Gasteiger partial charge in [0.2, 0.25) is 0 Å². The summed E-state index contributed by atoms with van der Waals surface area (Å²) in [6.07, 6.45) is 4.17. The van der Waals surface area contributed by atoms with E-state index in [1.807, 2.05) is 36.7 Å². The van der Waals surface area contributed by atoms with Gasteiger partial charge in [0, 0.05) is 23.0 Å². The number of halogens is 1. The van der Waals surface area contributed by atoms with Gasteiger partial charge in [0.1, 0.15) is 0 Å².